The Morgan fingerprint density at radius 1 is 1.27 bits per heavy atom. The summed E-state index contributed by atoms with van der Waals surface area (Å²) in [5.74, 6) is -4.62. The first-order valence-corrected chi connectivity index (χ1v) is 12.5. The second kappa shape index (κ2) is 9.45. The average Bonchev–Trinajstić information content (AvgIpc) is 3.33. The average molecular weight is 528 g/mol. The van der Waals surface area contributed by atoms with Gasteiger partial charge < -0.3 is 25.6 Å². The van der Waals surface area contributed by atoms with Crippen LogP contribution in [0.4, 0.5) is 13.2 Å². The summed E-state index contributed by atoms with van der Waals surface area (Å²) in [7, 11) is 0. The van der Waals surface area contributed by atoms with E-state index in [1.807, 2.05) is 25.2 Å². The number of carbonyl (C=O) groups is 4. The van der Waals surface area contributed by atoms with Crippen molar-refractivity contribution in [3.63, 3.8) is 0 Å². The maximum atomic E-state index is 13.7. The van der Waals surface area contributed by atoms with Crippen molar-refractivity contribution in [1.82, 2.24) is 20.9 Å². The molecule has 3 saturated heterocycles. The number of nitrogens with one attached hydrogen (secondary N) is 3. The number of hydrogen-bond donors (Lipinski definition) is 3. The highest BCUT2D eigenvalue weighted by Crippen LogP contribution is 2.65. The molecule has 13 heteroatoms. The summed E-state index contributed by atoms with van der Waals surface area (Å²) in [5, 5.41) is 16.8. The van der Waals surface area contributed by atoms with Gasteiger partial charge in [0.2, 0.25) is 17.7 Å². The first-order valence-electron chi connectivity index (χ1n) is 12.5. The Morgan fingerprint density at radius 3 is 2.51 bits per heavy atom. The number of amides is 4. The molecule has 4 rings (SSSR count). The third kappa shape index (κ3) is 5.00. The molecule has 4 aliphatic rings. The van der Waals surface area contributed by atoms with Crippen molar-refractivity contribution in [3.05, 3.63) is 0 Å². The Balaban J connectivity index is 1.56. The molecule has 2 unspecified atom stereocenters. The molecular weight excluding hydrogens is 495 g/mol. The molecule has 0 bridgehead atoms. The zero-order chi connectivity index (χ0) is 27.3. The molecular formula is C24H32F3N5O5. The van der Waals surface area contributed by atoms with E-state index in [9.17, 15) is 37.6 Å². The Labute approximate surface area is 212 Å². The van der Waals surface area contributed by atoms with Gasteiger partial charge in [-0.3, -0.25) is 19.2 Å². The fourth-order valence-electron chi connectivity index (χ4n) is 6.25. The lowest BCUT2D eigenvalue weighted by atomic mass is 9.90. The van der Waals surface area contributed by atoms with Crippen LogP contribution >= 0.6 is 0 Å². The van der Waals surface area contributed by atoms with Gasteiger partial charge >= 0.3 is 12.1 Å². The fraction of sp³-hybridized carbons (Fsp3) is 0.792. The van der Waals surface area contributed by atoms with E-state index >= 15 is 0 Å². The smallest absolute Gasteiger partial charge is 0.373 e. The third-order valence-electron chi connectivity index (χ3n) is 8.56. The predicted octanol–water partition coefficient (Wildman–Crippen LogP) is 0.620. The Hall–Kier alpha value is -2.88. The van der Waals surface area contributed by atoms with Gasteiger partial charge in [-0.15, -0.1) is 0 Å². The number of nitriles is 1. The van der Waals surface area contributed by atoms with Crippen molar-refractivity contribution in [2.75, 3.05) is 19.7 Å². The highest BCUT2D eigenvalue weighted by molar-refractivity contribution is 5.95. The molecule has 0 radical (unpaired) electrons. The van der Waals surface area contributed by atoms with E-state index in [1.54, 1.807) is 0 Å². The van der Waals surface area contributed by atoms with Gasteiger partial charge in [0.1, 0.15) is 18.1 Å². The molecule has 7 atom stereocenters. The number of carbonyl (C=O) groups excluding carboxylic acids is 4. The number of alkyl halides is 3. The van der Waals surface area contributed by atoms with Crippen molar-refractivity contribution >= 4 is 23.6 Å². The minimum Gasteiger partial charge on any atom is -0.373 e. The molecule has 0 spiro atoms. The van der Waals surface area contributed by atoms with Crippen molar-refractivity contribution < 1.29 is 37.1 Å². The lowest BCUT2D eigenvalue weighted by Crippen LogP contribution is -2.64. The van der Waals surface area contributed by atoms with Crippen LogP contribution in [0.25, 0.3) is 0 Å². The van der Waals surface area contributed by atoms with Crippen LogP contribution < -0.4 is 16.0 Å². The Bertz CT molecular complexity index is 1020. The molecule has 1 aliphatic carbocycles. The van der Waals surface area contributed by atoms with E-state index in [4.69, 9.17) is 4.74 Å². The van der Waals surface area contributed by atoms with Crippen LogP contribution in [0, 0.1) is 34.5 Å². The van der Waals surface area contributed by atoms with Gasteiger partial charge in [0.25, 0.3) is 0 Å². The molecule has 37 heavy (non-hydrogen) atoms. The van der Waals surface area contributed by atoms with E-state index in [0.717, 1.165) is 0 Å². The molecule has 4 fully saturated rings. The van der Waals surface area contributed by atoms with Crippen molar-refractivity contribution in [2.45, 2.75) is 76.4 Å². The van der Waals surface area contributed by atoms with E-state index in [-0.39, 0.29) is 49.2 Å². The molecule has 0 aromatic carbocycles. The highest BCUT2D eigenvalue weighted by atomic mass is 19.4. The van der Waals surface area contributed by atoms with Crippen LogP contribution in [0.3, 0.4) is 0 Å². The largest absolute Gasteiger partial charge is 0.471 e. The third-order valence-corrected chi connectivity index (χ3v) is 8.56. The number of hydrogen-bond acceptors (Lipinski definition) is 6. The zero-order valence-corrected chi connectivity index (χ0v) is 21.0. The number of ether oxygens (including phenoxy) is 1. The Morgan fingerprint density at radius 2 is 1.97 bits per heavy atom. The fourth-order valence-corrected chi connectivity index (χ4v) is 6.25. The van der Waals surface area contributed by atoms with Crippen LogP contribution in [-0.2, 0) is 23.9 Å². The normalized spacial score (nSPS) is 33.6. The van der Waals surface area contributed by atoms with Gasteiger partial charge in [0, 0.05) is 25.6 Å². The number of fused-ring (bicyclic) bond motifs is 1. The summed E-state index contributed by atoms with van der Waals surface area (Å²) in [6.07, 6.45) is -3.79. The first kappa shape index (κ1) is 27.2. The summed E-state index contributed by atoms with van der Waals surface area (Å²) in [4.78, 5) is 52.2. The van der Waals surface area contributed by atoms with Crippen LogP contribution in [0.5, 0.6) is 0 Å². The van der Waals surface area contributed by atoms with E-state index in [1.165, 1.54) is 11.8 Å². The van der Waals surface area contributed by atoms with Gasteiger partial charge in [0.15, 0.2) is 0 Å². The van der Waals surface area contributed by atoms with Crippen LogP contribution in [0.2, 0.25) is 0 Å². The topological polar surface area (TPSA) is 141 Å². The summed E-state index contributed by atoms with van der Waals surface area (Å²) < 4.78 is 45.0. The lowest BCUT2D eigenvalue weighted by Gasteiger charge is -2.38. The summed E-state index contributed by atoms with van der Waals surface area (Å²) in [6.45, 7) is 6.21. The minimum absolute atomic E-state index is 0.0652. The number of piperidine rings is 1. The molecule has 4 amide bonds. The summed E-state index contributed by atoms with van der Waals surface area (Å²) in [5.41, 5.74) is -1.66. The van der Waals surface area contributed by atoms with E-state index < -0.39 is 53.5 Å². The van der Waals surface area contributed by atoms with Crippen molar-refractivity contribution in [1.29, 1.82) is 5.26 Å². The zero-order valence-electron chi connectivity index (χ0n) is 21.0. The van der Waals surface area contributed by atoms with Crippen LogP contribution in [0.15, 0.2) is 0 Å². The molecule has 3 N–H and O–H groups in total. The molecule has 0 aromatic heterocycles. The van der Waals surface area contributed by atoms with Gasteiger partial charge in [0.05, 0.1) is 11.7 Å². The van der Waals surface area contributed by atoms with E-state index in [0.29, 0.717) is 19.4 Å². The number of likely N-dealkylation sites (tertiary alicyclic amines) is 1. The van der Waals surface area contributed by atoms with Crippen molar-refractivity contribution in [2.24, 2.45) is 23.2 Å². The van der Waals surface area contributed by atoms with Crippen LogP contribution in [-0.4, -0.2) is 78.1 Å². The predicted molar refractivity (Wildman–Crippen MR) is 121 cm³/mol. The van der Waals surface area contributed by atoms with E-state index in [2.05, 4.69) is 10.6 Å². The second-order valence-electron chi connectivity index (χ2n) is 11.3. The SMILES string of the molecule is CC1([C@H](NC(=O)C(F)(F)F)C(=O)N2C[C@H]3[C@@H](C2C(=O)N[C@H](C#N)C[C@@H]2CCNC2=O)C3(C)C)CCCO1. The number of rotatable bonds is 7. The van der Waals surface area contributed by atoms with Gasteiger partial charge in [-0.2, -0.15) is 18.4 Å². The van der Waals surface area contributed by atoms with Crippen LogP contribution in [0.1, 0.15) is 46.5 Å². The summed E-state index contributed by atoms with van der Waals surface area (Å²) in [6, 6.07) is -1.66. The quantitative estimate of drug-likeness (QED) is 0.444. The Kier molecular flexibility index (Phi) is 6.94. The molecule has 3 aliphatic heterocycles. The first-order chi connectivity index (χ1) is 17.2. The standard InChI is InChI=1S/C24H32F3N5O5/c1-22(2)14-11-32(20(35)17(23(3)6-4-8-37-23)31-21(36)24(25,26)27)16(15(14)22)19(34)30-13(10-28)9-12-5-7-29-18(12)33/h12-17H,4-9,11H2,1-3H3,(H,29,33)(H,30,34)(H,31,36)/t12-,13-,14-,15-,16?,17+,23?/m0/s1. The van der Waals surface area contributed by atoms with Gasteiger partial charge in [-0.05, 0) is 49.9 Å². The lowest BCUT2D eigenvalue weighted by molar-refractivity contribution is -0.178. The molecule has 204 valence electrons. The molecule has 0 aromatic rings. The molecule has 3 heterocycles. The maximum absolute atomic E-state index is 13.7. The van der Waals surface area contributed by atoms with Gasteiger partial charge in [-0.25, -0.2) is 0 Å². The summed E-state index contributed by atoms with van der Waals surface area (Å²) >= 11 is 0. The highest BCUT2D eigenvalue weighted by Gasteiger charge is 2.70. The minimum atomic E-state index is -5.20. The number of nitrogens with zero attached hydrogens (tertiary/aromatic N) is 2. The van der Waals surface area contributed by atoms with Gasteiger partial charge in [-0.1, -0.05) is 13.8 Å². The molecule has 1 saturated carbocycles. The maximum Gasteiger partial charge on any atom is 0.471 e. The number of halogens is 3. The second-order valence-corrected chi connectivity index (χ2v) is 11.3. The monoisotopic (exact) mass is 527 g/mol. The van der Waals surface area contributed by atoms with Crippen molar-refractivity contribution in [3.8, 4) is 6.07 Å². The molecule has 10 nitrogen and oxygen atoms in total.